The zero-order chi connectivity index (χ0) is 19.5. The number of fused-ring (bicyclic) bond motifs is 1. The number of aryl methyl sites for hydroxylation is 1. The number of hydrogen-bond acceptors (Lipinski definition) is 5. The van der Waals surface area contributed by atoms with Gasteiger partial charge in [0.25, 0.3) is 0 Å². The minimum absolute atomic E-state index is 0.175. The summed E-state index contributed by atoms with van der Waals surface area (Å²) in [5.41, 5.74) is 1.64. The molecule has 0 aliphatic rings. The van der Waals surface area contributed by atoms with Crippen LogP contribution in [0.5, 0.6) is 11.5 Å². The van der Waals surface area contributed by atoms with Crippen molar-refractivity contribution in [2.24, 2.45) is 0 Å². The van der Waals surface area contributed by atoms with Gasteiger partial charge in [0.15, 0.2) is 5.76 Å². The first-order chi connectivity index (χ1) is 13.6. The lowest BCUT2D eigenvalue weighted by Crippen LogP contribution is -2.19. The van der Waals surface area contributed by atoms with Crippen molar-refractivity contribution in [3.05, 3.63) is 94.6 Å². The first-order valence-electron chi connectivity index (χ1n) is 8.69. The first-order valence-corrected chi connectivity index (χ1v) is 8.69. The molecule has 0 radical (unpaired) electrons. The number of benzene rings is 3. The van der Waals surface area contributed by atoms with Crippen LogP contribution < -0.4 is 14.9 Å². The van der Waals surface area contributed by atoms with Gasteiger partial charge in [-0.1, -0.05) is 60.2 Å². The van der Waals surface area contributed by atoms with Gasteiger partial charge in [0.1, 0.15) is 11.3 Å². The van der Waals surface area contributed by atoms with E-state index in [2.05, 4.69) is 0 Å². The topological polar surface area (TPSA) is 65.7 Å². The van der Waals surface area contributed by atoms with Crippen LogP contribution in [-0.2, 0) is 0 Å². The molecule has 0 amide bonds. The Balaban J connectivity index is 1.80. The van der Waals surface area contributed by atoms with Crippen molar-refractivity contribution in [1.29, 1.82) is 0 Å². The third-order valence-electron chi connectivity index (χ3n) is 4.20. The SMILES string of the molecule is Cc1ccc(-c2oc3ccccc3c(=O)c2OC(=O)Oc2ccccc2)cc1. The average molecular weight is 372 g/mol. The van der Waals surface area contributed by atoms with Crippen molar-refractivity contribution in [2.45, 2.75) is 6.92 Å². The van der Waals surface area contributed by atoms with Crippen LogP contribution >= 0.6 is 0 Å². The first kappa shape index (κ1) is 17.5. The molecule has 0 fully saturated rings. The van der Waals surface area contributed by atoms with Gasteiger partial charge in [-0.05, 0) is 31.2 Å². The molecule has 0 aliphatic carbocycles. The highest BCUT2D eigenvalue weighted by Gasteiger charge is 2.21. The summed E-state index contributed by atoms with van der Waals surface area (Å²) in [4.78, 5) is 25.3. The van der Waals surface area contributed by atoms with Crippen molar-refractivity contribution >= 4 is 17.1 Å². The van der Waals surface area contributed by atoms with Gasteiger partial charge in [-0.15, -0.1) is 0 Å². The van der Waals surface area contributed by atoms with Crippen molar-refractivity contribution in [3.8, 4) is 22.8 Å². The molecule has 0 N–H and O–H groups in total. The lowest BCUT2D eigenvalue weighted by atomic mass is 10.1. The third kappa shape index (κ3) is 3.50. The predicted octanol–water partition coefficient (Wildman–Crippen LogP) is 5.35. The van der Waals surface area contributed by atoms with Crippen LogP contribution in [0.1, 0.15) is 5.56 Å². The Morgan fingerprint density at radius 1 is 0.821 bits per heavy atom. The maximum Gasteiger partial charge on any atom is 0.519 e. The van der Waals surface area contributed by atoms with Crippen molar-refractivity contribution in [2.75, 3.05) is 0 Å². The molecular formula is C23H16O5. The van der Waals surface area contributed by atoms with Gasteiger partial charge in [0, 0.05) is 5.56 Å². The Morgan fingerprint density at radius 3 is 2.25 bits per heavy atom. The summed E-state index contributed by atoms with van der Waals surface area (Å²) in [7, 11) is 0. The summed E-state index contributed by atoms with van der Waals surface area (Å²) in [6.45, 7) is 1.95. The molecule has 1 aromatic heterocycles. The zero-order valence-corrected chi connectivity index (χ0v) is 15.0. The average Bonchev–Trinajstić information content (AvgIpc) is 2.71. The summed E-state index contributed by atoms with van der Waals surface area (Å²) >= 11 is 0. The molecule has 5 heteroatoms. The van der Waals surface area contributed by atoms with Crippen LogP contribution in [0.4, 0.5) is 4.79 Å². The molecule has 3 aromatic carbocycles. The molecule has 138 valence electrons. The molecule has 28 heavy (non-hydrogen) atoms. The summed E-state index contributed by atoms with van der Waals surface area (Å²) in [5, 5.41) is 0.320. The Kier molecular flexibility index (Phi) is 4.64. The van der Waals surface area contributed by atoms with Gasteiger partial charge in [0.2, 0.25) is 11.2 Å². The van der Waals surface area contributed by atoms with E-state index < -0.39 is 11.6 Å². The van der Waals surface area contributed by atoms with E-state index in [1.807, 2.05) is 19.1 Å². The third-order valence-corrected chi connectivity index (χ3v) is 4.20. The van der Waals surface area contributed by atoms with E-state index in [0.29, 0.717) is 22.3 Å². The summed E-state index contributed by atoms with van der Waals surface area (Å²) in [6.07, 6.45) is -1.01. The number of rotatable bonds is 3. The second-order valence-corrected chi connectivity index (χ2v) is 6.22. The van der Waals surface area contributed by atoms with Gasteiger partial charge in [-0.3, -0.25) is 4.79 Å². The minimum atomic E-state index is -1.01. The number of para-hydroxylation sites is 2. The largest absolute Gasteiger partial charge is 0.519 e. The fourth-order valence-corrected chi connectivity index (χ4v) is 2.80. The molecule has 0 saturated carbocycles. The van der Waals surface area contributed by atoms with Crippen LogP contribution in [0.3, 0.4) is 0 Å². The number of carbonyl (C=O) groups is 1. The quantitative estimate of drug-likeness (QED) is 0.358. The molecule has 0 atom stereocenters. The van der Waals surface area contributed by atoms with Gasteiger partial charge < -0.3 is 13.9 Å². The van der Waals surface area contributed by atoms with E-state index >= 15 is 0 Å². The van der Waals surface area contributed by atoms with E-state index in [0.717, 1.165) is 5.56 Å². The highest BCUT2D eigenvalue weighted by Crippen LogP contribution is 2.31. The molecule has 4 rings (SSSR count). The maximum absolute atomic E-state index is 13.0. The second kappa shape index (κ2) is 7.40. The predicted molar refractivity (Wildman–Crippen MR) is 106 cm³/mol. The van der Waals surface area contributed by atoms with Crippen LogP contribution in [-0.4, -0.2) is 6.16 Å². The fraction of sp³-hybridized carbons (Fsp3) is 0.0435. The Bertz CT molecular complexity index is 1190. The lowest BCUT2D eigenvalue weighted by Gasteiger charge is -2.11. The maximum atomic E-state index is 13.0. The number of ether oxygens (including phenoxy) is 2. The van der Waals surface area contributed by atoms with Gasteiger partial charge in [0.05, 0.1) is 5.39 Å². The van der Waals surface area contributed by atoms with Crippen LogP contribution in [0.2, 0.25) is 0 Å². The Labute approximate surface area is 160 Å². The van der Waals surface area contributed by atoms with Crippen molar-refractivity contribution < 1.29 is 18.7 Å². The Hall–Kier alpha value is -3.86. The van der Waals surface area contributed by atoms with E-state index in [1.54, 1.807) is 66.7 Å². The minimum Gasteiger partial charge on any atom is -0.452 e. The second-order valence-electron chi connectivity index (χ2n) is 6.22. The molecule has 5 nitrogen and oxygen atoms in total. The Morgan fingerprint density at radius 2 is 1.50 bits per heavy atom. The van der Waals surface area contributed by atoms with Crippen LogP contribution in [0.25, 0.3) is 22.3 Å². The van der Waals surface area contributed by atoms with Gasteiger partial charge >= 0.3 is 6.16 Å². The normalized spacial score (nSPS) is 10.6. The van der Waals surface area contributed by atoms with Crippen molar-refractivity contribution in [1.82, 2.24) is 0 Å². The molecule has 4 aromatic rings. The van der Waals surface area contributed by atoms with E-state index in [4.69, 9.17) is 13.9 Å². The highest BCUT2D eigenvalue weighted by molar-refractivity contribution is 5.83. The van der Waals surface area contributed by atoms with Crippen molar-refractivity contribution in [3.63, 3.8) is 0 Å². The molecule has 1 heterocycles. The zero-order valence-electron chi connectivity index (χ0n) is 15.0. The summed E-state index contributed by atoms with van der Waals surface area (Å²) in [6, 6.07) is 22.7. The molecule has 0 unspecified atom stereocenters. The van der Waals surface area contributed by atoms with Crippen LogP contribution in [0.15, 0.2) is 88.1 Å². The van der Waals surface area contributed by atoms with E-state index in [-0.39, 0.29) is 11.5 Å². The molecule has 0 spiro atoms. The standard InChI is InChI=1S/C23H16O5/c1-15-11-13-16(14-12-15)21-22(20(24)18-9-5-6-10-19(18)27-21)28-23(25)26-17-7-3-2-4-8-17/h2-14H,1H3. The van der Waals surface area contributed by atoms with Gasteiger partial charge in [-0.2, -0.15) is 0 Å². The summed E-state index contributed by atoms with van der Waals surface area (Å²) < 4.78 is 16.4. The monoisotopic (exact) mass is 372 g/mol. The fourth-order valence-electron chi connectivity index (χ4n) is 2.80. The van der Waals surface area contributed by atoms with E-state index in [1.165, 1.54) is 0 Å². The molecule has 0 saturated heterocycles. The van der Waals surface area contributed by atoms with Gasteiger partial charge in [-0.25, -0.2) is 4.79 Å². The highest BCUT2D eigenvalue weighted by atomic mass is 16.7. The smallest absolute Gasteiger partial charge is 0.452 e. The summed E-state index contributed by atoms with van der Waals surface area (Å²) in [5.74, 6) is 0.284. The van der Waals surface area contributed by atoms with E-state index in [9.17, 15) is 9.59 Å². The molecule has 0 aliphatic heterocycles. The number of hydrogen-bond donors (Lipinski definition) is 0. The van der Waals surface area contributed by atoms with Crippen LogP contribution in [0, 0.1) is 6.92 Å². The molecular weight excluding hydrogens is 356 g/mol. The lowest BCUT2D eigenvalue weighted by molar-refractivity contribution is 0.151. The number of carbonyl (C=O) groups excluding carboxylic acids is 1. The molecule has 0 bridgehead atoms.